The van der Waals surface area contributed by atoms with Crippen LogP contribution in [0.5, 0.6) is 0 Å². The van der Waals surface area contributed by atoms with Crippen LogP contribution in [0.1, 0.15) is 20.8 Å². The fraction of sp³-hybridized carbons (Fsp3) is 0.750. The lowest BCUT2D eigenvalue weighted by molar-refractivity contribution is 0.297. The maximum Gasteiger partial charge on any atom is 0.0859 e. The third-order valence-electron chi connectivity index (χ3n) is 1.62. The van der Waals surface area contributed by atoms with Crippen molar-refractivity contribution in [1.82, 2.24) is 9.91 Å². The molecule has 1 aliphatic rings. The molecule has 72 valence electrons. The zero-order valence-corrected chi connectivity index (χ0v) is 8.46. The number of hydrogen-bond donors (Lipinski definition) is 2. The van der Waals surface area contributed by atoms with E-state index in [0.29, 0.717) is 0 Å². The van der Waals surface area contributed by atoms with Crippen LogP contribution in [0.3, 0.4) is 0 Å². The van der Waals surface area contributed by atoms with Gasteiger partial charge in [0.15, 0.2) is 0 Å². The van der Waals surface area contributed by atoms with Gasteiger partial charge in [0.2, 0.25) is 0 Å². The molecule has 4 N–H and O–H groups in total. The molecule has 0 aromatic carbocycles. The second-order valence-electron chi connectivity index (χ2n) is 2.76. The Morgan fingerprint density at radius 1 is 1.42 bits per heavy atom. The first-order valence-electron chi connectivity index (χ1n) is 4.27. The SMILES string of the molecule is C/C(N)=C1\CN(C)CN1N.CC. The van der Waals surface area contributed by atoms with Crippen LogP contribution < -0.4 is 11.6 Å². The van der Waals surface area contributed by atoms with Gasteiger partial charge in [-0.3, -0.25) is 9.91 Å². The van der Waals surface area contributed by atoms with Crippen molar-refractivity contribution < 1.29 is 0 Å². The molecule has 1 fully saturated rings. The van der Waals surface area contributed by atoms with Crippen LogP contribution in [0.25, 0.3) is 0 Å². The summed E-state index contributed by atoms with van der Waals surface area (Å²) in [4.78, 5) is 2.10. The number of likely N-dealkylation sites (N-methyl/N-ethyl adjacent to an activating group) is 1. The monoisotopic (exact) mass is 172 g/mol. The molecule has 4 nitrogen and oxygen atoms in total. The highest BCUT2D eigenvalue weighted by Crippen LogP contribution is 2.11. The van der Waals surface area contributed by atoms with Gasteiger partial charge in [0.25, 0.3) is 0 Å². The molecule has 4 heteroatoms. The van der Waals surface area contributed by atoms with Gasteiger partial charge in [-0.1, -0.05) is 13.8 Å². The summed E-state index contributed by atoms with van der Waals surface area (Å²) in [5.74, 6) is 5.62. The number of nitrogens with zero attached hydrogens (tertiary/aromatic N) is 2. The van der Waals surface area contributed by atoms with Crippen molar-refractivity contribution in [2.24, 2.45) is 11.6 Å². The van der Waals surface area contributed by atoms with Gasteiger partial charge in [-0.25, -0.2) is 5.84 Å². The van der Waals surface area contributed by atoms with E-state index < -0.39 is 0 Å². The van der Waals surface area contributed by atoms with Gasteiger partial charge in [0.1, 0.15) is 0 Å². The zero-order valence-electron chi connectivity index (χ0n) is 8.46. The first-order chi connectivity index (χ1) is 5.61. The van der Waals surface area contributed by atoms with Crippen molar-refractivity contribution in [3.8, 4) is 0 Å². The molecule has 1 saturated heterocycles. The van der Waals surface area contributed by atoms with Crippen LogP contribution >= 0.6 is 0 Å². The van der Waals surface area contributed by atoms with Gasteiger partial charge >= 0.3 is 0 Å². The second kappa shape index (κ2) is 5.00. The van der Waals surface area contributed by atoms with Crippen molar-refractivity contribution in [2.45, 2.75) is 20.8 Å². The van der Waals surface area contributed by atoms with Gasteiger partial charge in [0, 0.05) is 12.2 Å². The first-order valence-corrected chi connectivity index (χ1v) is 4.27. The predicted octanol–water partition coefficient (Wildman–Crippen LogP) is 0.281. The molecule has 0 bridgehead atoms. The molecule has 0 spiro atoms. The lowest BCUT2D eigenvalue weighted by Gasteiger charge is -2.11. The molecule has 0 radical (unpaired) electrons. The minimum Gasteiger partial charge on any atom is -0.401 e. The molecule has 0 aromatic heterocycles. The van der Waals surface area contributed by atoms with Crippen LogP contribution in [0.4, 0.5) is 0 Å². The van der Waals surface area contributed by atoms with Crippen LogP contribution in [-0.2, 0) is 0 Å². The number of hydrogen-bond acceptors (Lipinski definition) is 4. The van der Waals surface area contributed by atoms with Gasteiger partial charge in [0.05, 0.1) is 12.4 Å². The van der Waals surface area contributed by atoms with E-state index >= 15 is 0 Å². The Balaban J connectivity index is 0.000000561. The lowest BCUT2D eigenvalue weighted by Crippen LogP contribution is -2.29. The van der Waals surface area contributed by atoms with Gasteiger partial charge in [-0.15, -0.1) is 0 Å². The topological polar surface area (TPSA) is 58.5 Å². The van der Waals surface area contributed by atoms with E-state index in [2.05, 4.69) is 4.90 Å². The fourth-order valence-corrected chi connectivity index (χ4v) is 1.09. The molecule has 0 unspecified atom stereocenters. The van der Waals surface area contributed by atoms with E-state index in [9.17, 15) is 0 Å². The molecule has 0 aliphatic carbocycles. The highest BCUT2D eigenvalue weighted by atomic mass is 15.5. The molecule has 1 heterocycles. The van der Waals surface area contributed by atoms with E-state index in [1.165, 1.54) is 0 Å². The largest absolute Gasteiger partial charge is 0.401 e. The summed E-state index contributed by atoms with van der Waals surface area (Å²) in [6.07, 6.45) is 0. The predicted molar refractivity (Wildman–Crippen MR) is 51.8 cm³/mol. The first kappa shape index (κ1) is 11.3. The summed E-state index contributed by atoms with van der Waals surface area (Å²) in [5, 5.41) is 1.68. The van der Waals surface area contributed by atoms with Crippen molar-refractivity contribution in [3.05, 3.63) is 11.4 Å². The normalized spacial score (nSPS) is 21.9. The van der Waals surface area contributed by atoms with Crippen molar-refractivity contribution in [1.29, 1.82) is 0 Å². The number of hydrazine groups is 1. The molecule has 0 atom stereocenters. The molecule has 1 rings (SSSR count). The molecular weight excluding hydrogens is 152 g/mol. The molecule has 1 aliphatic heterocycles. The summed E-state index contributed by atoms with van der Waals surface area (Å²) in [5.41, 5.74) is 7.42. The van der Waals surface area contributed by atoms with Crippen LogP contribution in [0.15, 0.2) is 11.4 Å². The van der Waals surface area contributed by atoms with Crippen molar-refractivity contribution >= 4 is 0 Å². The number of nitrogens with two attached hydrogens (primary N) is 2. The Bertz CT molecular complexity index is 160. The van der Waals surface area contributed by atoms with Crippen molar-refractivity contribution in [2.75, 3.05) is 20.3 Å². The molecular formula is C8H20N4. The highest BCUT2D eigenvalue weighted by molar-refractivity contribution is 5.11. The fourth-order valence-electron chi connectivity index (χ4n) is 1.09. The Kier molecular flexibility index (Phi) is 4.70. The standard InChI is InChI=1S/C6H14N4.C2H6/c1-5(7)6-3-9(2)4-10(6)8;1-2/h3-4,7-8H2,1-2H3;1-2H3/b6-5-;. The van der Waals surface area contributed by atoms with Gasteiger partial charge in [-0.05, 0) is 14.0 Å². The quantitative estimate of drug-likeness (QED) is 0.515. The maximum atomic E-state index is 5.62. The molecule has 0 aromatic rings. The smallest absolute Gasteiger partial charge is 0.0859 e. The minimum atomic E-state index is 0.768. The average Bonchev–Trinajstić information content (AvgIpc) is 2.34. The Morgan fingerprint density at radius 2 is 1.92 bits per heavy atom. The summed E-state index contributed by atoms with van der Waals surface area (Å²) < 4.78 is 0. The number of rotatable bonds is 0. The van der Waals surface area contributed by atoms with Gasteiger partial charge < -0.3 is 5.73 Å². The second-order valence-corrected chi connectivity index (χ2v) is 2.76. The van der Waals surface area contributed by atoms with Gasteiger partial charge in [-0.2, -0.15) is 0 Å². The third kappa shape index (κ3) is 2.71. The summed E-state index contributed by atoms with van der Waals surface area (Å²) >= 11 is 0. The average molecular weight is 172 g/mol. The van der Waals surface area contributed by atoms with Crippen LogP contribution in [0.2, 0.25) is 0 Å². The number of allylic oxidation sites excluding steroid dienone is 1. The van der Waals surface area contributed by atoms with Crippen LogP contribution in [-0.4, -0.2) is 30.2 Å². The summed E-state index contributed by atoms with van der Waals surface area (Å²) in [6.45, 7) is 7.50. The Hall–Kier alpha value is -0.740. The van der Waals surface area contributed by atoms with E-state index in [1.807, 2.05) is 27.8 Å². The summed E-state index contributed by atoms with van der Waals surface area (Å²) in [7, 11) is 2.01. The lowest BCUT2D eigenvalue weighted by atomic mass is 10.3. The van der Waals surface area contributed by atoms with Crippen molar-refractivity contribution in [3.63, 3.8) is 0 Å². The van der Waals surface area contributed by atoms with E-state index in [1.54, 1.807) is 5.01 Å². The minimum absolute atomic E-state index is 0.768. The third-order valence-corrected chi connectivity index (χ3v) is 1.62. The Morgan fingerprint density at radius 3 is 2.08 bits per heavy atom. The maximum absolute atomic E-state index is 5.62. The summed E-state index contributed by atoms with van der Waals surface area (Å²) in [6, 6.07) is 0. The van der Waals surface area contributed by atoms with E-state index in [-0.39, 0.29) is 0 Å². The highest BCUT2D eigenvalue weighted by Gasteiger charge is 2.19. The van der Waals surface area contributed by atoms with E-state index in [4.69, 9.17) is 11.6 Å². The Labute approximate surface area is 74.8 Å². The zero-order chi connectivity index (χ0) is 9.72. The molecule has 0 saturated carbocycles. The molecule has 12 heavy (non-hydrogen) atoms. The molecule has 0 amide bonds. The van der Waals surface area contributed by atoms with E-state index in [0.717, 1.165) is 24.6 Å². The van der Waals surface area contributed by atoms with Crippen LogP contribution in [0, 0.1) is 0 Å².